The molecule has 33 heavy (non-hydrogen) atoms. The summed E-state index contributed by atoms with van der Waals surface area (Å²) in [6.45, 7) is 4.02. The number of rotatable bonds is 6. The predicted octanol–water partition coefficient (Wildman–Crippen LogP) is 6.25. The number of aryl methyl sites for hydroxylation is 2. The Hall–Kier alpha value is -4.88. The van der Waals surface area contributed by atoms with E-state index in [1.54, 1.807) is 49.1 Å². The van der Waals surface area contributed by atoms with Gasteiger partial charge in [-0.05, 0) is 79.1 Å². The SMILES string of the molecule is Cc1cc(/C=C/C#N)cc(C)c1Nc1nc(Nc2ccc(C#N)cc2)ncc1-c1ccoc1. The Labute approximate surface area is 191 Å². The fourth-order valence-electron chi connectivity index (χ4n) is 3.47. The first-order chi connectivity index (χ1) is 16.1. The molecule has 0 aliphatic carbocycles. The van der Waals surface area contributed by atoms with Gasteiger partial charge in [0.25, 0.3) is 0 Å². The molecule has 0 amide bonds. The van der Waals surface area contributed by atoms with Gasteiger partial charge in [-0.15, -0.1) is 0 Å². The number of nitrogens with one attached hydrogen (secondary N) is 2. The Balaban J connectivity index is 1.71. The van der Waals surface area contributed by atoms with Crippen LogP contribution in [0.5, 0.6) is 0 Å². The number of allylic oxidation sites excluding steroid dienone is 1. The second kappa shape index (κ2) is 9.51. The van der Waals surface area contributed by atoms with Gasteiger partial charge in [0.05, 0.1) is 30.2 Å². The van der Waals surface area contributed by atoms with Gasteiger partial charge in [0.1, 0.15) is 5.82 Å². The monoisotopic (exact) mass is 432 g/mol. The van der Waals surface area contributed by atoms with Gasteiger partial charge < -0.3 is 15.1 Å². The summed E-state index contributed by atoms with van der Waals surface area (Å²) in [7, 11) is 0. The van der Waals surface area contributed by atoms with Crippen LogP contribution in [0.1, 0.15) is 22.3 Å². The minimum Gasteiger partial charge on any atom is -0.472 e. The molecule has 0 spiro atoms. The number of nitriles is 2. The van der Waals surface area contributed by atoms with Crippen molar-refractivity contribution in [2.24, 2.45) is 0 Å². The van der Waals surface area contributed by atoms with Gasteiger partial charge in [0.2, 0.25) is 5.95 Å². The first kappa shape index (κ1) is 21.4. The molecule has 0 atom stereocenters. The number of anilines is 4. The fraction of sp³-hybridized carbons (Fsp3) is 0.0769. The highest BCUT2D eigenvalue weighted by atomic mass is 16.3. The van der Waals surface area contributed by atoms with Crippen LogP contribution in [-0.4, -0.2) is 9.97 Å². The summed E-state index contributed by atoms with van der Waals surface area (Å²) < 4.78 is 5.26. The molecular formula is C26H20N6O. The lowest BCUT2D eigenvalue weighted by atomic mass is 10.0. The third-order valence-corrected chi connectivity index (χ3v) is 5.04. The molecule has 0 aliphatic heterocycles. The maximum atomic E-state index is 8.99. The summed E-state index contributed by atoms with van der Waals surface area (Å²) in [6, 6.07) is 17.1. The van der Waals surface area contributed by atoms with Crippen molar-refractivity contribution in [3.8, 4) is 23.3 Å². The average molecular weight is 432 g/mol. The minimum absolute atomic E-state index is 0.415. The molecule has 0 bridgehead atoms. The van der Waals surface area contributed by atoms with Crippen molar-refractivity contribution in [1.29, 1.82) is 10.5 Å². The quantitative estimate of drug-likeness (QED) is 0.346. The number of furan rings is 1. The van der Waals surface area contributed by atoms with Gasteiger partial charge in [0, 0.05) is 34.8 Å². The Morgan fingerprint density at radius 2 is 1.76 bits per heavy atom. The molecule has 2 aromatic heterocycles. The standard InChI is InChI=1S/C26H20N6O/c1-17-12-20(4-3-10-27)13-18(2)24(17)31-25-23(21-9-11-33-16-21)15-29-26(32-25)30-22-7-5-19(14-28)6-8-22/h3-9,11-13,15-16H,1-2H3,(H2,29,30,31,32)/b4-3+. The van der Waals surface area contributed by atoms with Crippen LogP contribution in [0, 0.1) is 36.5 Å². The van der Waals surface area contributed by atoms with Gasteiger partial charge in [-0.1, -0.05) is 0 Å². The lowest BCUT2D eigenvalue weighted by Gasteiger charge is -2.16. The maximum absolute atomic E-state index is 8.99. The molecule has 2 N–H and O–H groups in total. The van der Waals surface area contributed by atoms with Crippen molar-refractivity contribution >= 4 is 29.2 Å². The Morgan fingerprint density at radius 1 is 1.00 bits per heavy atom. The number of hydrogen-bond acceptors (Lipinski definition) is 7. The van der Waals surface area contributed by atoms with Gasteiger partial charge in [-0.2, -0.15) is 15.5 Å². The molecule has 7 heteroatoms. The van der Waals surface area contributed by atoms with Crippen molar-refractivity contribution in [3.63, 3.8) is 0 Å². The zero-order valence-corrected chi connectivity index (χ0v) is 18.1. The number of benzene rings is 2. The van der Waals surface area contributed by atoms with E-state index in [0.29, 0.717) is 17.3 Å². The largest absolute Gasteiger partial charge is 0.472 e. The van der Waals surface area contributed by atoms with Crippen LogP contribution >= 0.6 is 0 Å². The van der Waals surface area contributed by atoms with E-state index in [-0.39, 0.29) is 0 Å². The van der Waals surface area contributed by atoms with Crippen LogP contribution in [0.15, 0.2) is 71.7 Å². The number of nitrogens with zero attached hydrogens (tertiary/aromatic N) is 4. The topological polar surface area (TPSA) is 111 Å². The van der Waals surface area contributed by atoms with Crippen LogP contribution in [0.25, 0.3) is 17.2 Å². The second-order valence-electron chi connectivity index (χ2n) is 7.40. The van der Waals surface area contributed by atoms with E-state index in [2.05, 4.69) is 21.7 Å². The zero-order chi connectivity index (χ0) is 23.2. The molecule has 2 aromatic carbocycles. The molecule has 0 radical (unpaired) electrons. The molecule has 0 unspecified atom stereocenters. The molecule has 7 nitrogen and oxygen atoms in total. The smallest absolute Gasteiger partial charge is 0.229 e. The maximum Gasteiger partial charge on any atom is 0.229 e. The van der Waals surface area contributed by atoms with Crippen LogP contribution in [0.3, 0.4) is 0 Å². The first-order valence-electron chi connectivity index (χ1n) is 10.2. The molecule has 0 saturated heterocycles. The van der Waals surface area contributed by atoms with E-state index in [4.69, 9.17) is 19.9 Å². The van der Waals surface area contributed by atoms with E-state index in [0.717, 1.165) is 39.2 Å². The fourth-order valence-corrected chi connectivity index (χ4v) is 3.47. The highest BCUT2D eigenvalue weighted by Crippen LogP contribution is 2.33. The molecule has 0 fully saturated rings. The highest BCUT2D eigenvalue weighted by Gasteiger charge is 2.14. The van der Waals surface area contributed by atoms with E-state index < -0.39 is 0 Å². The average Bonchev–Trinajstić information content (AvgIpc) is 3.35. The third-order valence-electron chi connectivity index (χ3n) is 5.04. The van der Waals surface area contributed by atoms with E-state index in [1.807, 2.05) is 38.1 Å². The second-order valence-corrected chi connectivity index (χ2v) is 7.40. The predicted molar refractivity (Wildman–Crippen MR) is 128 cm³/mol. The van der Waals surface area contributed by atoms with Crippen molar-refractivity contribution in [2.45, 2.75) is 13.8 Å². The zero-order valence-electron chi connectivity index (χ0n) is 18.1. The van der Waals surface area contributed by atoms with E-state index in [9.17, 15) is 0 Å². The minimum atomic E-state index is 0.415. The normalized spacial score (nSPS) is 10.5. The summed E-state index contributed by atoms with van der Waals surface area (Å²) in [5.74, 6) is 1.03. The summed E-state index contributed by atoms with van der Waals surface area (Å²) in [5.41, 5.74) is 6.93. The Kier molecular flexibility index (Phi) is 6.15. The molecule has 4 rings (SSSR count). The summed E-state index contributed by atoms with van der Waals surface area (Å²) in [6.07, 6.45) is 8.23. The van der Waals surface area contributed by atoms with Crippen molar-refractivity contribution in [1.82, 2.24) is 9.97 Å². The van der Waals surface area contributed by atoms with E-state index >= 15 is 0 Å². The molecule has 160 valence electrons. The summed E-state index contributed by atoms with van der Waals surface area (Å²) in [5, 5.41) is 24.4. The van der Waals surface area contributed by atoms with Crippen LogP contribution in [0.2, 0.25) is 0 Å². The number of aromatic nitrogens is 2. The van der Waals surface area contributed by atoms with E-state index in [1.165, 1.54) is 6.08 Å². The Morgan fingerprint density at radius 3 is 2.39 bits per heavy atom. The van der Waals surface area contributed by atoms with Crippen molar-refractivity contribution < 1.29 is 4.42 Å². The van der Waals surface area contributed by atoms with Gasteiger partial charge >= 0.3 is 0 Å². The van der Waals surface area contributed by atoms with Gasteiger partial charge in [-0.25, -0.2) is 4.98 Å². The third kappa shape index (κ3) is 4.90. The number of hydrogen-bond donors (Lipinski definition) is 2. The Bertz CT molecular complexity index is 1370. The van der Waals surface area contributed by atoms with Crippen molar-refractivity contribution in [3.05, 3.63) is 89.5 Å². The van der Waals surface area contributed by atoms with Crippen LogP contribution < -0.4 is 10.6 Å². The summed E-state index contributed by atoms with van der Waals surface area (Å²) >= 11 is 0. The summed E-state index contributed by atoms with van der Waals surface area (Å²) in [4.78, 5) is 9.18. The van der Waals surface area contributed by atoms with Crippen molar-refractivity contribution in [2.75, 3.05) is 10.6 Å². The van der Waals surface area contributed by atoms with Gasteiger partial charge in [-0.3, -0.25) is 0 Å². The molecule has 4 aromatic rings. The molecule has 2 heterocycles. The van der Waals surface area contributed by atoms with Crippen LogP contribution in [0.4, 0.5) is 23.1 Å². The molecular weight excluding hydrogens is 412 g/mol. The van der Waals surface area contributed by atoms with Crippen LogP contribution in [-0.2, 0) is 0 Å². The molecule has 0 saturated carbocycles. The highest BCUT2D eigenvalue weighted by molar-refractivity contribution is 5.80. The lowest BCUT2D eigenvalue weighted by Crippen LogP contribution is -2.04. The van der Waals surface area contributed by atoms with Gasteiger partial charge in [0.15, 0.2) is 0 Å². The first-order valence-corrected chi connectivity index (χ1v) is 10.2. The lowest BCUT2D eigenvalue weighted by molar-refractivity contribution is 0.568. The molecule has 0 aliphatic rings.